The standard InChI is InChI=1S/C21H22ClN3O2/c1-15(2)27-14-17-9-7-16(8-10-17)13-23-21(26)19-11-12-25(24-19)20-6-4-3-5-18(20)22/h3-12,15H,13-14H2,1-2H3,(H,23,26). The van der Waals surface area contributed by atoms with Gasteiger partial charge in [0.2, 0.25) is 0 Å². The van der Waals surface area contributed by atoms with Crippen molar-refractivity contribution in [3.63, 3.8) is 0 Å². The molecular formula is C21H22ClN3O2. The molecule has 0 aliphatic carbocycles. The SMILES string of the molecule is CC(C)OCc1ccc(CNC(=O)c2ccn(-c3ccccc3Cl)n2)cc1. The Labute approximate surface area is 163 Å². The summed E-state index contributed by atoms with van der Waals surface area (Å²) in [6.07, 6.45) is 1.93. The Bertz CT molecular complexity index is 904. The van der Waals surface area contributed by atoms with E-state index in [4.69, 9.17) is 16.3 Å². The van der Waals surface area contributed by atoms with Crippen LogP contribution >= 0.6 is 11.6 Å². The van der Waals surface area contributed by atoms with E-state index in [1.807, 2.05) is 56.3 Å². The summed E-state index contributed by atoms with van der Waals surface area (Å²) >= 11 is 6.17. The van der Waals surface area contributed by atoms with Gasteiger partial charge < -0.3 is 10.1 Å². The van der Waals surface area contributed by atoms with E-state index in [1.165, 1.54) is 0 Å². The van der Waals surface area contributed by atoms with Gasteiger partial charge in [0.15, 0.2) is 5.69 Å². The molecule has 0 aliphatic heterocycles. The van der Waals surface area contributed by atoms with Crippen molar-refractivity contribution in [2.24, 2.45) is 0 Å². The first-order valence-electron chi connectivity index (χ1n) is 8.81. The van der Waals surface area contributed by atoms with Crippen LogP contribution in [0.15, 0.2) is 60.8 Å². The van der Waals surface area contributed by atoms with Gasteiger partial charge in [-0.05, 0) is 43.2 Å². The third kappa shape index (κ3) is 5.18. The van der Waals surface area contributed by atoms with Crippen LogP contribution in [0.4, 0.5) is 0 Å². The third-order valence-electron chi connectivity index (χ3n) is 3.98. The van der Waals surface area contributed by atoms with Crippen LogP contribution < -0.4 is 5.32 Å². The second-order valence-electron chi connectivity index (χ2n) is 6.46. The normalized spacial score (nSPS) is 11.0. The molecule has 1 N–H and O–H groups in total. The van der Waals surface area contributed by atoms with Gasteiger partial charge in [-0.15, -0.1) is 0 Å². The topological polar surface area (TPSA) is 56.1 Å². The van der Waals surface area contributed by atoms with Gasteiger partial charge in [-0.25, -0.2) is 4.68 Å². The highest BCUT2D eigenvalue weighted by molar-refractivity contribution is 6.32. The van der Waals surface area contributed by atoms with E-state index >= 15 is 0 Å². The summed E-state index contributed by atoms with van der Waals surface area (Å²) in [6, 6.07) is 17.0. The maximum Gasteiger partial charge on any atom is 0.272 e. The number of halogens is 1. The molecule has 3 rings (SSSR count). The molecular weight excluding hydrogens is 362 g/mol. The van der Waals surface area contributed by atoms with E-state index in [2.05, 4.69) is 10.4 Å². The van der Waals surface area contributed by atoms with Crippen LogP contribution in [0, 0.1) is 0 Å². The van der Waals surface area contributed by atoms with E-state index in [1.54, 1.807) is 23.0 Å². The summed E-state index contributed by atoms with van der Waals surface area (Å²) in [6.45, 7) is 5.04. The number of hydrogen-bond acceptors (Lipinski definition) is 3. The smallest absolute Gasteiger partial charge is 0.272 e. The zero-order valence-corrected chi connectivity index (χ0v) is 16.1. The maximum absolute atomic E-state index is 12.4. The van der Waals surface area contributed by atoms with Crippen LogP contribution in [-0.4, -0.2) is 21.8 Å². The van der Waals surface area contributed by atoms with Crippen molar-refractivity contribution in [1.82, 2.24) is 15.1 Å². The zero-order chi connectivity index (χ0) is 19.2. The molecule has 2 aromatic carbocycles. The van der Waals surface area contributed by atoms with Crippen molar-refractivity contribution >= 4 is 17.5 Å². The molecule has 0 saturated heterocycles. The minimum absolute atomic E-state index is 0.203. The van der Waals surface area contributed by atoms with Crippen molar-refractivity contribution in [3.05, 3.63) is 82.6 Å². The first kappa shape index (κ1) is 19.1. The van der Waals surface area contributed by atoms with E-state index in [-0.39, 0.29) is 12.0 Å². The largest absolute Gasteiger partial charge is 0.374 e. The van der Waals surface area contributed by atoms with Gasteiger partial charge in [0, 0.05) is 12.7 Å². The molecule has 0 saturated carbocycles. The number of carbonyl (C=O) groups is 1. The molecule has 27 heavy (non-hydrogen) atoms. The van der Waals surface area contributed by atoms with Gasteiger partial charge in [0.1, 0.15) is 0 Å². The first-order valence-corrected chi connectivity index (χ1v) is 9.19. The minimum atomic E-state index is -0.229. The van der Waals surface area contributed by atoms with Crippen molar-refractivity contribution in [2.75, 3.05) is 0 Å². The highest BCUT2D eigenvalue weighted by atomic mass is 35.5. The second kappa shape index (κ2) is 8.84. The molecule has 1 aromatic heterocycles. The lowest BCUT2D eigenvalue weighted by molar-refractivity contribution is 0.0657. The maximum atomic E-state index is 12.4. The molecule has 0 spiro atoms. The van der Waals surface area contributed by atoms with E-state index < -0.39 is 0 Å². The van der Waals surface area contributed by atoms with E-state index in [0.29, 0.717) is 23.9 Å². The number of amides is 1. The molecule has 5 nitrogen and oxygen atoms in total. The predicted molar refractivity (Wildman–Crippen MR) is 106 cm³/mol. The average molecular weight is 384 g/mol. The van der Waals surface area contributed by atoms with E-state index in [9.17, 15) is 4.79 Å². The van der Waals surface area contributed by atoms with Crippen LogP contribution in [0.5, 0.6) is 0 Å². The lowest BCUT2D eigenvalue weighted by atomic mass is 10.1. The van der Waals surface area contributed by atoms with E-state index in [0.717, 1.165) is 16.8 Å². The van der Waals surface area contributed by atoms with Crippen LogP contribution in [0.1, 0.15) is 35.5 Å². The first-order chi connectivity index (χ1) is 13.0. The van der Waals surface area contributed by atoms with Crippen molar-refractivity contribution in [1.29, 1.82) is 0 Å². The van der Waals surface area contributed by atoms with Crippen LogP contribution in [0.2, 0.25) is 5.02 Å². The molecule has 1 amide bonds. The minimum Gasteiger partial charge on any atom is -0.374 e. The number of aromatic nitrogens is 2. The molecule has 0 bridgehead atoms. The number of rotatable bonds is 7. The summed E-state index contributed by atoms with van der Waals surface area (Å²) in [7, 11) is 0. The highest BCUT2D eigenvalue weighted by Gasteiger charge is 2.11. The van der Waals surface area contributed by atoms with Crippen molar-refractivity contribution in [3.8, 4) is 5.69 Å². The summed E-state index contributed by atoms with van der Waals surface area (Å²) < 4.78 is 7.18. The Kier molecular flexibility index (Phi) is 6.27. The Balaban J connectivity index is 1.58. The van der Waals surface area contributed by atoms with Gasteiger partial charge in [-0.1, -0.05) is 48.0 Å². The fraction of sp³-hybridized carbons (Fsp3) is 0.238. The monoisotopic (exact) mass is 383 g/mol. The fourth-order valence-electron chi connectivity index (χ4n) is 2.51. The summed E-state index contributed by atoms with van der Waals surface area (Å²) in [5.74, 6) is -0.229. The van der Waals surface area contributed by atoms with Gasteiger partial charge in [0.05, 0.1) is 23.4 Å². The average Bonchev–Trinajstić information content (AvgIpc) is 3.15. The molecule has 1 heterocycles. The number of para-hydroxylation sites is 1. The summed E-state index contributed by atoms with van der Waals surface area (Å²) in [4.78, 5) is 12.4. The molecule has 0 atom stereocenters. The molecule has 0 radical (unpaired) electrons. The number of benzene rings is 2. The second-order valence-corrected chi connectivity index (χ2v) is 6.86. The molecule has 3 aromatic rings. The molecule has 6 heteroatoms. The van der Waals surface area contributed by atoms with Gasteiger partial charge in [-0.3, -0.25) is 4.79 Å². The van der Waals surface area contributed by atoms with Crippen LogP contribution in [0.3, 0.4) is 0 Å². The van der Waals surface area contributed by atoms with Crippen molar-refractivity contribution < 1.29 is 9.53 Å². The summed E-state index contributed by atoms with van der Waals surface area (Å²) in [5, 5.41) is 7.78. The Morgan fingerprint density at radius 3 is 2.52 bits per heavy atom. The summed E-state index contributed by atoms with van der Waals surface area (Å²) in [5.41, 5.74) is 3.20. The number of nitrogens with zero attached hydrogens (tertiary/aromatic N) is 2. The molecule has 0 fully saturated rings. The van der Waals surface area contributed by atoms with Gasteiger partial charge in [-0.2, -0.15) is 5.10 Å². The third-order valence-corrected chi connectivity index (χ3v) is 4.30. The number of hydrogen-bond donors (Lipinski definition) is 1. The number of nitrogens with one attached hydrogen (secondary N) is 1. The quantitative estimate of drug-likeness (QED) is 0.658. The number of ether oxygens (including phenoxy) is 1. The van der Waals surface area contributed by atoms with Gasteiger partial charge in [0.25, 0.3) is 5.91 Å². The van der Waals surface area contributed by atoms with Gasteiger partial charge >= 0.3 is 0 Å². The zero-order valence-electron chi connectivity index (χ0n) is 15.4. The predicted octanol–water partition coefficient (Wildman–Crippen LogP) is 4.38. The van der Waals surface area contributed by atoms with Crippen LogP contribution in [0.25, 0.3) is 5.69 Å². The van der Waals surface area contributed by atoms with Crippen LogP contribution in [-0.2, 0) is 17.9 Å². The number of carbonyl (C=O) groups excluding carboxylic acids is 1. The lowest BCUT2D eigenvalue weighted by Gasteiger charge is -2.08. The lowest BCUT2D eigenvalue weighted by Crippen LogP contribution is -2.23. The Morgan fingerprint density at radius 1 is 1.11 bits per heavy atom. The molecule has 140 valence electrons. The fourth-order valence-corrected chi connectivity index (χ4v) is 2.73. The Hall–Kier alpha value is -2.63. The molecule has 0 unspecified atom stereocenters. The molecule has 0 aliphatic rings. The van der Waals surface area contributed by atoms with Crippen molar-refractivity contribution in [2.45, 2.75) is 33.1 Å². The highest BCUT2D eigenvalue weighted by Crippen LogP contribution is 2.19. The Morgan fingerprint density at radius 2 is 1.81 bits per heavy atom.